The van der Waals surface area contributed by atoms with Gasteiger partial charge in [0.15, 0.2) is 0 Å². The molecule has 1 amide bonds. The maximum absolute atomic E-state index is 11.9. The maximum Gasteiger partial charge on any atom is 0.410 e. The minimum atomic E-state index is -0.776. The van der Waals surface area contributed by atoms with Gasteiger partial charge in [0.2, 0.25) is 5.89 Å². The van der Waals surface area contributed by atoms with Gasteiger partial charge >= 0.3 is 6.09 Å². The Morgan fingerprint density at radius 2 is 2.37 bits per heavy atom. The molecule has 0 unspecified atom stereocenters. The Labute approximate surface area is 112 Å². The number of carbonyl (C=O) groups is 1. The van der Waals surface area contributed by atoms with Gasteiger partial charge in [-0.25, -0.2) is 9.78 Å². The number of nitrogens with zero attached hydrogens (tertiary/aromatic N) is 2. The summed E-state index contributed by atoms with van der Waals surface area (Å²) < 4.78 is 10.4. The number of hydrogen-bond acceptors (Lipinski definition) is 5. The van der Waals surface area contributed by atoms with Gasteiger partial charge in [0.25, 0.3) is 0 Å². The molecule has 1 aliphatic rings. The fourth-order valence-corrected chi connectivity index (χ4v) is 2.12. The van der Waals surface area contributed by atoms with Crippen molar-refractivity contribution < 1.29 is 19.1 Å². The number of amides is 1. The van der Waals surface area contributed by atoms with Gasteiger partial charge in [0.1, 0.15) is 18.0 Å². The van der Waals surface area contributed by atoms with E-state index in [2.05, 4.69) is 4.98 Å². The van der Waals surface area contributed by atoms with Crippen LogP contribution in [0.4, 0.5) is 4.79 Å². The summed E-state index contributed by atoms with van der Waals surface area (Å²) in [7, 11) is 0. The monoisotopic (exact) mass is 268 g/mol. The third-order valence-electron chi connectivity index (χ3n) is 3.03. The number of oxazole rings is 1. The average molecular weight is 268 g/mol. The third-order valence-corrected chi connectivity index (χ3v) is 3.03. The standard InChI is InChI=1S/C13H20N2O4/c1-13(2,3)19-12(17)15-6-4-9(8-15)10(16)11-14-5-7-18-11/h5,7,9-10,16H,4,6,8H2,1-3H3/t9-,10+/m0/s1. The zero-order valence-electron chi connectivity index (χ0n) is 11.5. The Morgan fingerprint density at radius 3 is 2.95 bits per heavy atom. The van der Waals surface area contributed by atoms with Crippen LogP contribution in [0.25, 0.3) is 0 Å². The van der Waals surface area contributed by atoms with E-state index in [0.717, 1.165) is 0 Å². The van der Waals surface area contributed by atoms with Crippen LogP contribution in [0.1, 0.15) is 39.2 Å². The number of likely N-dealkylation sites (tertiary alicyclic amines) is 1. The van der Waals surface area contributed by atoms with Gasteiger partial charge < -0.3 is 19.2 Å². The van der Waals surface area contributed by atoms with E-state index in [1.807, 2.05) is 20.8 Å². The molecule has 1 aromatic heterocycles. The molecule has 0 radical (unpaired) electrons. The highest BCUT2D eigenvalue weighted by molar-refractivity contribution is 5.68. The van der Waals surface area contributed by atoms with E-state index in [0.29, 0.717) is 25.4 Å². The number of carbonyl (C=O) groups excluding carboxylic acids is 1. The summed E-state index contributed by atoms with van der Waals surface area (Å²) in [5.74, 6) is 0.238. The molecule has 0 bridgehead atoms. The zero-order valence-corrected chi connectivity index (χ0v) is 11.5. The molecule has 0 aliphatic carbocycles. The van der Waals surface area contributed by atoms with E-state index in [9.17, 15) is 9.90 Å². The molecule has 0 spiro atoms. The van der Waals surface area contributed by atoms with E-state index in [1.54, 1.807) is 4.90 Å². The van der Waals surface area contributed by atoms with Crippen LogP contribution in [-0.2, 0) is 4.74 Å². The molecule has 1 aliphatic heterocycles. The first-order valence-electron chi connectivity index (χ1n) is 6.42. The lowest BCUT2D eigenvalue weighted by molar-refractivity contribution is 0.0257. The molecule has 106 valence electrons. The van der Waals surface area contributed by atoms with Crippen molar-refractivity contribution in [3.8, 4) is 0 Å². The molecular formula is C13H20N2O4. The van der Waals surface area contributed by atoms with Gasteiger partial charge in [0.05, 0.1) is 6.20 Å². The van der Waals surface area contributed by atoms with Crippen molar-refractivity contribution in [3.05, 3.63) is 18.4 Å². The molecule has 0 saturated carbocycles. The number of aromatic nitrogens is 1. The van der Waals surface area contributed by atoms with Gasteiger partial charge in [-0.2, -0.15) is 0 Å². The van der Waals surface area contributed by atoms with Crippen LogP contribution in [0.5, 0.6) is 0 Å². The topological polar surface area (TPSA) is 75.8 Å². The van der Waals surface area contributed by atoms with E-state index < -0.39 is 11.7 Å². The van der Waals surface area contributed by atoms with Crippen LogP contribution in [0, 0.1) is 5.92 Å². The Bertz CT molecular complexity index is 424. The fraction of sp³-hybridized carbons (Fsp3) is 0.692. The minimum Gasteiger partial charge on any atom is -0.446 e. The van der Waals surface area contributed by atoms with Gasteiger partial charge in [-0.3, -0.25) is 0 Å². The number of hydrogen-bond donors (Lipinski definition) is 1. The summed E-state index contributed by atoms with van der Waals surface area (Å²) in [6.07, 6.45) is 2.53. The second-order valence-electron chi connectivity index (χ2n) is 5.79. The second-order valence-corrected chi connectivity index (χ2v) is 5.79. The Morgan fingerprint density at radius 1 is 1.63 bits per heavy atom. The number of ether oxygens (including phenoxy) is 1. The van der Waals surface area contributed by atoms with Crippen molar-refractivity contribution in [2.24, 2.45) is 5.92 Å². The van der Waals surface area contributed by atoms with Crippen LogP contribution in [-0.4, -0.2) is 39.8 Å². The summed E-state index contributed by atoms with van der Waals surface area (Å²) in [5, 5.41) is 10.1. The van der Waals surface area contributed by atoms with Crippen LogP contribution in [0.3, 0.4) is 0 Å². The molecule has 6 heteroatoms. The van der Waals surface area contributed by atoms with Crippen molar-refractivity contribution in [1.82, 2.24) is 9.88 Å². The molecule has 1 aromatic rings. The molecule has 1 saturated heterocycles. The fourth-order valence-electron chi connectivity index (χ4n) is 2.12. The smallest absolute Gasteiger partial charge is 0.410 e. The second kappa shape index (κ2) is 5.21. The van der Waals surface area contributed by atoms with Crippen molar-refractivity contribution >= 4 is 6.09 Å². The van der Waals surface area contributed by atoms with Crippen molar-refractivity contribution in [1.29, 1.82) is 0 Å². The number of rotatable bonds is 2. The van der Waals surface area contributed by atoms with E-state index >= 15 is 0 Å². The predicted molar refractivity (Wildman–Crippen MR) is 67.4 cm³/mol. The molecule has 19 heavy (non-hydrogen) atoms. The van der Waals surface area contributed by atoms with Crippen LogP contribution < -0.4 is 0 Å². The van der Waals surface area contributed by atoms with Gasteiger partial charge in [0, 0.05) is 19.0 Å². The summed E-state index contributed by atoms with van der Waals surface area (Å²) in [5.41, 5.74) is -0.504. The summed E-state index contributed by atoms with van der Waals surface area (Å²) in [4.78, 5) is 17.5. The largest absolute Gasteiger partial charge is 0.446 e. The van der Waals surface area contributed by atoms with Crippen LogP contribution in [0.2, 0.25) is 0 Å². The lowest BCUT2D eigenvalue weighted by Crippen LogP contribution is -2.35. The lowest BCUT2D eigenvalue weighted by Gasteiger charge is -2.24. The van der Waals surface area contributed by atoms with Gasteiger partial charge in [-0.1, -0.05) is 0 Å². The zero-order chi connectivity index (χ0) is 14.0. The highest BCUT2D eigenvalue weighted by Crippen LogP contribution is 2.29. The average Bonchev–Trinajstić information content (AvgIpc) is 2.98. The first kappa shape index (κ1) is 13.9. The van der Waals surface area contributed by atoms with Gasteiger partial charge in [-0.15, -0.1) is 0 Å². The quantitative estimate of drug-likeness (QED) is 0.887. The number of aliphatic hydroxyl groups is 1. The SMILES string of the molecule is CC(C)(C)OC(=O)N1CC[C@H]([C@@H](O)c2ncco2)C1. The molecule has 2 heterocycles. The van der Waals surface area contributed by atoms with Crippen LogP contribution in [0.15, 0.2) is 16.9 Å². The third kappa shape index (κ3) is 3.47. The highest BCUT2D eigenvalue weighted by atomic mass is 16.6. The lowest BCUT2D eigenvalue weighted by atomic mass is 10.0. The normalized spacial score (nSPS) is 21.5. The molecule has 2 atom stereocenters. The Hall–Kier alpha value is -1.56. The van der Waals surface area contributed by atoms with Crippen LogP contribution >= 0.6 is 0 Å². The van der Waals surface area contributed by atoms with Crippen molar-refractivity contribution in [3.63, 3.8) is 0 Å². The summed E-state index contributed by atoms with van der Waals surface area (Å²) in [6, 6.07) is 0. The van der Waals surface area contributed by atoms with Crippen molar-refractivity contribution in [2.45, 2.75) is 38.9 Å². The first-order chi connectivity index (χ1) is 8.87. The Balaban J connectivity index is 1.91. The highest BCUT2D eigenvalue weighted by Gasteiger charge is 2.35. The molecule has 1 N–H and O–H groups in total. The maximum atomic E-state index is 11.9. The van der Waals surface area contributed by atoms with E-state index in [1.165, 1.54) is 12.5 Å². The van der Waals surface area contributed by atoms with E-state index in [4.69, 9.17) is 9.15 Å². The molecular weight excluding hydrogens is 248 g/mol. The van der Waals surface area contributed by atoms with Crippen molar-refractivity contribution in [2.75, 3.05) is 13.1 Å². The summed E-state index contributed by atoms with van der Waals surface area (Å²) in [6.45, 7) is 6.54. The molecule has 2 rings (SSSR count). The van der Waals surface area contributed by atoms with Gasteiger partial charge in [-0.05, 0) is 27.2 Å². The summed E-state index contributed by atoms with van der Waals surface area (Å²) >= 11 is 0. The van der Waals surface area contributed by atoms with E-state index in [-0.39, 0.29) is 12.0 Å². The molecule has 1 fully saturated rings. The first-order valence-corrected chi connectivity index (χ1v) is 6.42. The molecule has 6 nitrogen and oxygen atoms in total. The minimum absolute atomic E-state index is 0.0637. The Kier molecular flexibility index (Phi) is 3.80. The molecule has 0 aromatic carbocycles. The number of aliphatic hydroxyl groups excluding tert-OH is 1. The predicted octanol–water partition coefficient (Wildman–Crippen LogP) is 1.96.